The molecular formula is C12H18N4. The minimum absolute atomic E-state index is 0.706. The molecule has 0 aromatic carbocycles. The number of nitrogens with zero attached hydrogens (tertiary/aromatic N) is 2. The van der Waals surface area contributed by atoms with Crippen LogP contribution in [0.25, 0.3) is 11.0 Å². The van der Waals surface area contributed by atoms with Gasteiger partial charge >= 0.3 is 0 Å². The highest BCUT2D eigenvalue weighted by Crippen LogP contribution is 2.19. The first-order valence-corrected chi connectivity index (χ1v) is 5.71. The molecule has 0 unspecified atom stereocenters. The first-order valence-electron chi connectivity index (χ1n) is 5.71. The standard InChI is InChI=1S/C12H18N4/c1-8(2)4-5-13-11-10-6-9(3)16-12(10)15-7-14-11/h6-8H,4-5H2,1-3H3,(H2,13,14,15,16). The molecule has 2 aromatic heterocycles. The summed E-state index contributed by atoms with van der Waals surface area (Å²) in [5.74, 6) is 1.63. The Labute approximate surface area is 95.5 Å². The van der Waals surface area contributed by atoms with E-state index in [0.717, 1.165) is 35.5 Å². The van der Waals surface area contributed by atoms with Crippen molar-refractivity contribution >= 4 is 16.9 Å². The predicted octanol–water partition coefficient (Wildman–Crippen LogP) is 2.72. The highest BCUT2D eigenvalue weighted by Gasteiger charge is 2.05. The van der Waals surface area contributed by atoms with Gasteiger partial charge in [-0.2, -0.15) is 0 Å². The van der Waals surface area contributed by atoms with Crippen molar-refractivity contribution in [2.75, 3.05) is 11.9 Å². The molecule has 2 aromatic rings. The molecular weight excluding hydrogens is 200 g/mol. The van der Waals surface area contributed by atoms with Crippen LogP contribution in [0.15, 0.2) is 12.4 Å². The van der Waals surface area contributed by atoms with Gasteiger partial charge in [-0.15, -0.1) is 0 Å². The topological polar surface area (TPSA) is 53.6 Å². The lowest BCUT2D eigenvalue weighted by molar-refractivity contribution is 0.607. The van der Waals surface area contributed by atoms with Crippen LogP contribution in [0.5, 0.6) is 0 Å². The second-order valence-electron chi connectivity index (χ2n) is 4.55. The van der Waals surface area contributed by atoms with E-state index in [1.165, 1.54) is 0 Å². The van der Waals surface area contributed by atoms with E-state index in [4.69, 9.17) is 0 Å². The zero-order valence-corrected chi connectivity index (χ0v) is 10.0. The fourth-order valence-corrected chi connectivity index (χ4v) is 1.69. The van der Waals surface area contributed by atoms with Crippen molar-refractivity contribution in [3.05, 3.63) is 18.1 Å². The third kappa shape index (κ3) is 2.32. The number of anilines is 1. The maximum absolute atomic E-state index is 4.27. The SMILES string of the molecule is Cc1cc2c(NCCC(C)C)ncnc2[nH]1. The van der Waals surface area contributed by atoms with Crippen molar-refractivity contribution in [1.82, 2.24) is 15.0 Å². The number of hydrogen-bond acceptors (Lipinski definition) is 3. The Balaban J connectivity index is 2.17. The van der Waals surface area contributed by atoms with Gasteiger partial charge in [-0.1, -0.05) is 13.8 Å². The van der Waals surface area contributed by atoms with Crippen LogP contribution in [0.1, 0.15) is 26.0 Å². The Kier molecular flexibility index (Phi) is 3.08. The lowest BCUT2D eigenvalue weighted by atomic mass is 10.1. The number of aromatic amines is 1. The van der Waals surface area contributed by atoms with Crippen molar-refractivity contribution in [3.63, 3.8) is 0 Å². The minimum atomic E-state index is 0.706. The van der Waals surface area contributed by atoms with Crippen LogP contribution < -0.4 is 5.32 Å². The zero-order chi connectivity index (χ0) is 11.5. The highest BCUT2D eigenvalue weighted by atomic mass is 15.0. The molecule has 2 N–H and O–H groups in total. The van der Waals surface area contributed by atoms with Crippen LogP contribution in [0.4, 0.5) is 5.82 Å². The average Bonchev–Trinajstić information content (AvgIpc) is 2.58. The fraction of sp³-hybridized carbons (Fsp3) is 0.500. The Morgan fingerprint density at radius 3 is 2.94 bits per heavy atom. The van der Waals surface area contributed by atoms with E-state index in [-0.39, 0.29) is 0 Å². The van der Waals surface area contributed by atoms with Gasteiger partial charge in [0.05, 0.1) is 5.39 Å². The first-order chi connectivity index (χ1) is 7.66. The van der Waals surface area contributed by atoms with Gasteiger partial charge in [0.1, 0.15) is 17.8 Å². The summed E-state index contributed by atoms with van der Waals surface area (Å²) >= 11 is 0. The van der Waals surface area contributed by atoms with E-state index < -0.39 is 0 Å². The molecule has 2 heterocycles. The number of rotatable bonds is 4. The molecule has 16 heavy (non-hydrogen) atoms. The molecule has 0 bridgehead atoms. The number of fused-ring (bicyclic) bond motifs is 1. The lowest BCUT2D eigenvalue weighted by Gasteiger charge is -2.07. The summed E-state index contributed by atoms with van der Waals surface area (Å²) in [5.41, 5.74) is 2.02. The lowest BCUT2D eigenvalue weighted by Crippen LogP contribution is -2.06. The monoisotopic (exact) mass is 218 g/mol. The van der Waals surface area contributed by atoms with Crippen LogP contribution in [-0.4, -0.2) is 21.5 Å². The summed E-state index contributed by atoms with van der Waals surface area (Å²) in [7, 11) is 0. The van der Waals surface area contributed by atoms with Crippen molar-refractivity contribution in [2.45, 2.75) is 27.2 Å². The molecule has 86 valence electrons. The molecule has 0 radical (unpaired) electrons. The second-order valence-corrected chi connectivity index (χ2v) is 4.55. The van der Waals surface area contributed by atoms with Gasteiger partial charge < -0.3 is 10.3 Å². The highest BCUT2D eigenvalue weighted by molar-refractivity contribution is 5.87. The van der Waals surface area contributed by atoms with Gasteiger partial charge in [0.15, 0.2) is 0 Å². The largest absolute Gasteiger partial charge is 0.369 e. The third-order valence-corrected chi connectivity index (χ3v) is 2.57. The number of aryl methyl sites for hydroxylation is 1. The Morgan fingerprint density at radius 1 is 1.38 bits per heavy atom. The molecule has 4 nitrogen and oxygen atoms in total. The fourth-order valence-electron chi connectivity index (χ4n) is 1.69. The van der Waals surface area contributed by atoms with E-state index in [1.807, 2.05) is 6.92 Å². The molecule has 0 spiro atoms. The number of nitrogens with one attached hydrogen (secondary N) is 2. The zero-order valence-electron chi connectivity index (χ0n) is 10.0. The smallest absolute Gasteiger partial charge is 0.143 e. The quantitative estimate of drug-likeness (QED) is 0.829. The normalized spacial score (nSPS) is 11.2. The molecule has 0 atom stereocenters. The Bertz CT molecular complexity index is 473. The molecule has 0 fully saturated rings. The molecule has 0 saturated heterocycles. The van der Waals surface area contributed by atoms with Gasteiger partial charge in [-0.05, 0) is 25.3 Å². The summed E-state index contributed by atoms with van der Waals surface area (Å²) in [5, 5.41) is 4.43. The van der Waals surface area contributed by atoms with E-state index in [9.17, 15) is 0 Å². The first kappa shape index (κ1) is 10.9. The summed E-state index contributed by atoms with van der Waals surface area (Å²) < 4.78 is 0. The number of H-pyrrole nitrogens is 1. The van der Waals surface area contributed by atoms with E-state index in [1.54, 1.807) is 6.33 Å². The summed E-state index contributed by atoms with van der Waals surface area (Å²) in [6.07, 6.45) is 2.74. The van der Waals surface area contributed by atoms with Crippen molar-refractivity contribution in [1.29, 1.82) is 0 Å². The maximum Gasteiger partial charge on any atom is 0.143 e. The van der Waals surface area contributed by atoms with Crippen molar-refractivity contribution < 1.29 is 0 Å². The van der Waals surface area contributed by atoms with E-state index >= 15 is 0 Å². The van der Waals surface area contributed by atoms with Crippen LogP contribution in [-0.2, 0) is 0 Å². The molecule has 4 heteroatoms. The number of aromatic nitrogens is 3. The Hall–Kier alpha value is -1.58. The van der Waals surface area contributed by atoms with Crippen LogP contribution in [0, 0.1) is 12.8 Å². The second kappa shape index (κ2) is 4.51. The van der Waals surface area contributed by atoms with Gasteiger partial charge in [-0.3, -0.25) is 0 Å². The summed E-state index contributed by atoms with van der Waals surface area (Å²) in [6.45, 7) is 7.42. The Morgan fingerprint density at radius 2 is 2.19 bits per heavy atom. The molecule has 0 aliphatic heterocycles. The maximum atomic E-state index is 4.27. The van der Waals surface area contributed by atoms with Crippen LogP contribution in [0.3, 0.4) is 0 Å². The van der Waals surface area contributed by atoms with Gasteiger partial charge in [0.2, 0.25) is 0 Å². The third-order valence-electron chi connectivity index (χ3n) is 2.57. The van der Waals surface area contributed by atoms with E-state index in [0.29, 0.717) is 5.92 Å². The molecule has 0 amide bonds. The van der Waals surface area contributed by atoms with Gasteiger partial charge in [0, 0.05) is 12.2 Å². The summed E-state index contributed by atoms with van der Waals surface area (Å²) in [4.78, 5) is 11.7. The van der Waals surface area contributed by atoms with Crippen LogP contribution >= 0.6 is 0 Å². The van der Waals surface area contributed by atoms with E-state index in [2.05, 4.69) is 40.2 Å². The minimum Gasteiger partial charge on any atom is -0.369 e. The molecule has 2 rings (SSSR count). The number of hydrogen-bond donors (Lipinski definition) is 2. The molecule has 0 aliphatic rings. The molecule has 0 saturated carbocycles. The van der Waals surface area contributed by atoms with Crippen molar-refractivity contribution in [3.8, 4) is 0 Å². The van der Waals surface area contributed by atoms with Crippen LogP contribution in [0.2, 0.25) is 0 Å². The van der Waals surface area contributed by atoms with Gasteiger partial charge in [-0.25, -0.2) is 9.97 Å². The summed E-state index contributed by atoms with van der Waals surface area (Å²) in [6, 6.07) is 2.08. The molecule has 0 aliphatic carbocycles. The van der Waals surface area contributed by atoms with Crippen molar-refractivity contribution in [2.24, 2.45) is 5.92 Å². The predicted molar refractivity (Wildman–Crippen MR) is 66.6 cm³/mol. The van der Waals surface area contributed by atoms with Gasteiger partial charge in [0.25, 0.3) is 0 Å². The average molecular weight is 218 g/mol.